The summed E-state index contributed by atoms with van der Waals surface area (Å²) in [4.78, 5) is 60.0. The maximum absolute atomic E-state index is 14.8. The molecule has 0 spiro atoms. The summed E-state index contributed by atoms with van der Waals surface area (Å²) < 4.78 is 53.1. The van der Waals surface area contributed by atoms with Gasteiger partial charge in [-0.25, -0.2) is 14.4 Å². The van der Waals surface area contributed by atoms with Crippen molar-refractivity contribution in [3.8, 4) is 5.75 Å². The van der Waals surface area contributed by atoms with E-state index in [1.165, 1.54) is 39.1 Å². The molecule has 0 aromatic carbocycles. The van der Waals surface area contributed by atoms with Gasteiger partial charge in [0.15, 0.2) is 17.6 Å². The van der Waals surface area contributed by atoms with Gasteiger partial charge in [-0.2, -0.15) is 8.78 Å². The fraction of sp³-hybridized carbons (Fsp3) is 0.481. The normalized spacial score (nSPS) is 27.1. The Morgan fingerprint density at radius 3 is 2.44 bits per heavy atom. The van der Waals surface area contributed by atoms with E-state index in [-0.39, 0.29) is 18.9 Å². The summed E-state index contributed by atoms with van der Waals surface area (Å²) in [6.45, 7) is 3.96. The third-order valence-electron chi connectivity index (χ3n) is 7.42. The van der Waals surface area contributed by atoms with Gasteiger partial charge in [0.25, 0.3) is 17.8 Å². The van der Waals surface area contributed by atoms with Crippen LogP contribution in [0.15, 0.2) is 18.3 Å². The van der Waals surface area contributed by atoms with Gasteiger partial charge in [0.2, 0.25) is 11.7 Å². The quantitative estimate of drug-likeness (QED) is 0.224. The zero-order valence-electron chi connectivity index (χ0n) is 23.3. The number of aryl methyl sites for hydroxylation is 1. The first-order chi connectivity index (χ1) is 20.3. The molecule has 16 heteroatoms. The van der Waals surface area contributed by atoms with Gasteiger partial charge >= 0.3 is 5.97 Å². The largest absolute Gasteiger partial charge is 0.505 e. The molecule has 4 heterocycles. The number of pyridine rings is 2. The molecule has 3 amide bonds. The number of nitrogens with one attached hydrogen (secondary N) is 3. The van der Waals surface area contributed by atoms with Gasteiger partial charge in [-0.1, -0.05) is 0 Å². The first-order valence-electron chi connectivity index (χ1n) is 13.3. The minimum atomic E-state index is -1.87. The van der Waals surface area contributed by atoms with Crippen LogP contribution in [0.25, 0.3) is 0 Å². The minimum Gasteiger partial charge on any atom is -0.505 e. The third-order valence-corrected chi connectivity index (χ3v) is 7.42. The van der Waals surface area contributed by atoms with Crippen LogP contribution in [0.4, 0.5) is 13.2 Å². The number of aliphatic hydroxyl groups is 1. The van der Waals surface area contributed by atoms with Crippen LogP contribution in [0.2, 0.25) is 0 Å². The van der Waals surface area contributed by atoms with Gasteiger partial charge in [0, 0.05) is 17.5 Å². The van der Waals surface area contributed by atoms with Gasteiger partial charge in [-0.15, -0.1) is 0 Å². The van der Waals surface area contributed by atoms with Crippen LogP contribution >= 0.6 is 0 Å². The van der Waals surface area contributed by atoms with E-state index in [9.17, 15) is 42.6 Å². The number of aromatic nitrogens is 2. The molecule has 13 nitrogen and oxygen atoms in total. The predicted octanol–water partition coefficient (Wildman–Crippen LogP) is -0.193. The Morgan fingerprint density at radius 2 is 1.81 bits per heavy atom. The highest BCUT2D eigenvalue weighted by Crippen LogP contribution is 2.25. The molecule has 2 saturated heterocycles. The van der Waals surface area contributed by atoms with E-state index in [0.29, 0.717) is 0 Å². The van der Waals surface area contributed by atoms with Gasteiger partial charge in [-0.3, -0.25) is 19.2 Å². The Kier molecular flexibility index (Phi) is 9.49. The molecule has 1 unspecified atom stereocenters. The van der Waals surface area contributed by atoms with Crippen LogP contribution < -0.4 is 16.0 Å². The highest BCUT2D eigenvalue weighted by atomic mass is 19.2. The Bertz CT molecular complexity index is 1430. The van der Waals surface area contributed by atoms with Crippen molar-refractivity contribution in [1.82, 2.24) is 25.9 Å². The fourth-order valence-corrected chi connectivity index (χ4v) is 4.73. The summed E-state index contributed by atoms with van der Waals surface area (Å²) in [5.41, 5.74) is -1.20. The summed E-state index contributed by atoms with van der Waals surface area (Å²) in [6.07, 6.45) is -2.63. The molecule has 0 aliphatic carbocycles. The summed E-state index contributed by atoms with van der Waals surface area (Å²) in [5.74, 6) is -11.5. The number of nitrogens with zero attached hydrogens (tertiary/aromatic N) is 2. The maximum atomic E-state index is 14.8. The highest BCUT2D eigenvalue weighted by molar-refractivity contribution is 5.98. The van der Waals surface area contributed by atoms with Crippen molar-refractivity contribution in [2.45, 2.75) is 57.5 Å². The second kappa shape index (κ2) is 12.9. The fourth-order valence-electron chi connectivity index (χ4n) is 4.73. The monoisotopic (exact) mass is 609 g/mol. The molecule has 43 heavy (non-hydrogen) atoms. The van der Waals surface area contributed by atoms with E-state index < -0.39 is 107 Å². The molecule has 2 aromatic rings. The zero-order valence-corrected chi connectivity index (χ0v) is 23.3. The first-order valence-corrected chi connectivity index (χ1v) is 13.3. The summed E-state index contributed by atoms with van der Waals surface area (Å²) in [6, 6.07) is -1.77. The Morgan fingerprint density at radius 1 is 1.12 bits per heavy atom. The van der Waals surface area contributed by atoms with Crippen LogP contribution in [0.3, 0.4) is 0 Å². The minimum absolute atomic E-state index is 0.0839. The molecule has 6 atom stereocenters. The number of ether oxygens (including phenoxy) is 2. The molecular formula is C27H30F3N5O8. The van der Waals surface area contributed by atoms with Gasteiger partial charge in [0.05, 0.1) is 43.2 Å². The van der Waals surface area contributed by atoms with Crippen molar-refractivity contribution in [3.05, 3.63) is 52.9 Å². The molecule has 4 rings (SSSR count). The predicted molar refractivity (Wildman–Crippen MR) is 139 cm³/mol. The lowest BCUT2D eigenvalue weighted by atomic mass is 9.91. The summed E-state index contributed by atoms with van der Waals surface area (Å²) in [7, 11) is 0. The lowest BCUT2D eigenvalue weighted by Gasteiger charge is -2.37. The number of rotatable bonds is 5. The molecule has 2 fully saturated rings. The van der Waals surface area contributed by atoms with Crippen molar-refractivity contribution >= 4 is 23.7 Å². The summed E-state index contributed by atoms with van der Waals surface area (Å²) in [5, 5.41) is 28.6. The maximum Gasteiger partial charge on any atom is 0.312 e. The van der Waals surface area contributed by atoms with Crippen molar-refractivity contribution in [1.29, 1.82) is 0 Å². The molecule has 232 valence electrons. The van der Waals surface area contributed by atoms with E-state index in [1.54, 1.807) is 0 Å². The standard InChI is InChI=1S/C27H30F3N5O8/c1-10-21(37)15(7-14-11(2)32-23(30)18(29)17(14)28)34-24(38)19(35-25(39)20-16(36)5-4-6-31-20)12(3)33-26(40)22(43-27(10)41)13-8-42-9-13/h4-6,10,12-13,15,19,21-22,36-37H,7-9H2,1-3H3,(H,33,40)(H,34,38)(H,35,39)/t10-,12-,15+,19+,21+,22?/m1/s1. The third kappa shape index (κ3) is 6.69. The van der Waals surface area contributed by atoms with Crippen molar-refractivity contribution in [2.75, 3.05) is 13.2 Å². The lowest BCUT2D eigenvalue weighted by molar-refractivity contribution is -0.178. The van der Waals surface area contributed by atoms with Crippen molar-refractivity contribution in [2.24, 2.45) is 11.8 Å². The number of halogens is 3. The van der Waals surface area contributed by atoms with Crippen LogP contribution in [-0.2, 0) is 30.3 Å². The lowest BCUT2D eigenvalue weighted by Crippen LogP contribution is -2.63. The number of esters is 1. The Hall–Kier alpha value is -4.31. The highest BCUT2D eigenvalue weighted by Gasteiger charge is 2.43. The topological polar surface area (TPSA) is 189 Å². The molecule has 0 bridgehead atoms. The number of hydrogen-bond donors (Lipinski definition) is 5. The first kappa shape index (κ1) is 31.6. The molecule has 5 N–H and O–H groups in total. The van der Waals surface area contributed by atoms with Crippen LogP contribution in [0, 0.1) is 36.3 Å². The average Bonchev–Trinajstić information content (AvgIpc) is 2.93. The van der Waals surface area contributed by atoms with E-state index in [4.69, 9.17) is 9.47 Å². The number of aromatic hydroxyl groups is 1. The molecule has 2 aromatic heterocycles. The smallest absolute Gasteiger partial charge is 0.312 e. The summed E-state index contributed by atoms with van der Waals surface area (Å²) >= 11 is 0. The molecule has 0 radical (unpaired) electrons. The average molecular weight is 610 g/mol. The van der Waals surface area contributed by atoms with Gasteiger partial charge in [0.1, 0.15) is 11.8 Å². The van der Waals surface area contributed by atoms with E-state index in [2.05, 4.69) is 25.9 Å². The second-order valence-electron chi connectivity index (χ2n) is 10.5. The number of amides is 3. The molecule has 0 saturated carbocycles. The Labute approximate surface area is 243 Å². The van der Waals surface area contributed by atoms with Crippen LogP contribution in [0.5, 0.6) is 5.75 Å². The van der Waals surface area contributed by atoms with Crippen LogP contribution in [0.1, 0.15) is 35.6 Å². The van der Waals surface area contributed by atoms with E-state index in [1.807, 2.05) is 0 Å². The van der Waals surface area contributed by atoms with E-state index >= 15 is 0 Å². The van der Waals surface area contributed by atoms with Gasteiger partial charge < -0.3 is 35.6 Å². The van der Waals surface area contributed by atoms with E-state index in [0.717, 1.165) is 0 Å². The van der Waals surface area contributed by atoms with Crippen LogP contribution in [-0.4, -0.2) is 87.4 Å². The zero-order chi connectivity index (χ0) is 31.6. The number of carbonyl (C=O) groups is 4. The number of carbonyl (C=O) groups excluding carboxylic acids is 4. The van der Waals surface area contributed by atoms with Gasteiger partial charge in [-0.05, 0) is 39.3 Å². The molecule has 2 aliphatic rings. The SMILES string of the molecule is Cc1nc(F)c(F)c(F)c1C[C@@H]1NC(=O)[C@@H](NC(=O)c2ncccc2O)[C@@H](C)NC(=O)C(C2COC2)OC(=O)[C@H](C)[C@@H]1O. The van der Waals surface area contributed by atoms with Crippen molar-refractivity contribution < 1.29 is 52.0 Å². The molecular weight excluding hydrogens is 579 g/mol. The van der Waals surface area contributed by atoms with Crippen molar-refractivity contribution in [3.63, 3.8) is 0 Å². The number of hydrogen-bond acceptors (Lipinski definition) is 10. The second-order valence-corrected chi connectivity index (χ2v) is 10.5. The number of aliphatic hydroxyl groups excluding tert-OH is 1. The number of cyclic esters (lactones) is 1. The Balaban J connectivity index is 1.73. The molecule has 2 aliphatic heterocycles.